The van der Waals surface area contributed by atoms with Crippen molar-refractivity contribution in [1.29, 1.82) is 0 Å². The molecule has 3 heterocycles. The summed E-state index contributed by atoms with van der Waals surface area (Å²) in [4.78, 5) is 47.4. The lowest BCUT2D eigenvalue weighted by molar-refractivity contribution is -0.123. The lowest BCUT2D eigenvalue weighted by atomic mass is 9.86. The molecule has 1 aromatic carbocycles. The molecule has 1 saturated heterocycles. The Morgan fingerprint density at radius 3 is 2.37 bits per heavy atom. The molecule has 2 aliphatic rings. The highest BCUT2D eigenvalue weighted by molar-refractivity contribution is 6.23. The van der Waals surface area contributed by atoms with Gasteiger partial charge in [0.05, 0.1) is 11.1 Å². The molecule has 0 atom stereocenters. The van der Waals surface area contributed by atoms with E-state index >= 15 is 0 Å². The van der Waals surface area contributed by atoms with Gasteiger partial charge in [0.15, 0.2) is 0 Å². The van der Waals surface area contributed by atoms with Crippen LogP contribution in [0.1, 0.15) is 38.8 Å². The van der Waals surface area contributed by atoms with Gasteiger partial charge in [0.25, 0.3) is 5.91 Å². The second-order valence-electron chi connectivity index (χ2n) is 8.85. The molecule has 1 aromatic heterocycles. The summed E-state index contributed by atoms with van der Waals surface area (Å²) in [6.45, 7) is 7.43. The summed E-state index contributed by atoms with van der Waals surface area (Å²) in [6, 6.07) is 8.34. The fraction of sp³-hybridized carbons (Fsp3) is 0.364. The van der Waals surface area contributed by atoms with Crippen molar-refractivity contribution < 1.29 is 14.4 Å². The molecule has 0 aliphatic carbocycles. The van der Waals surface area contributed by atoms with Gasteiger partial charge in [-0.15, -0.1) is 0 Å². The summed E-state index contributed by atoms with van der Waals surface area (Å²) in [5.74, 6) is 0.0146. The topological polar surface area (TPSA) is 99.8 Å². The third kappa shape index (κ3) is 2.67. The van der Waals surface area contributed by atoms with E-state index in [0.29, 0.717) is 17.2 Å². The van der Waals surface area contributed by atoms with Gasteiger partial charge in [0.2, 0.25) is 5.91 Å². The molecule has 2 aromatic rings. The second kappa shape index (κ2) is 6.29. The van der Waals surface area contributed by atoms with Crippen LogP contribution < -0.4 is 15.5 Å². The number of aromatic nitrogens is 1. The summed E-state index contributed by atoms with van der Waals surface area (Å²) in [6.07, 6.45) is 1.58. The number of hydrogen-bond donors (Lipinski definition) is 1. The highest BCUT2D eigenvalue weighted by Gasteiger charge is 2.52. The van der Waals surface area contributed by atoms with Crippen molar-refractivity contribution in [1.82, 2.24) is 9.88 Å². The van der Waals surface area contributed by atoms with E-state index in [2.05, 4.69) is 4.98 Å². The monoisotopic (exact) mass is 407 g/mol. The quantitative estimate of drug-likeness (QED) is 0.789. The van der Waals surface area contributed by atoms with Crippen LogP contribution in [0.4, 0.5) is 22.0 Å². The van der Waals surface area contributed by atoms with Gasteiger partial charge < -0.3 is 15.5 Å². The molecule has 4 amide bonds. The maximum Gasteiger partial charge on any atom is 0.332 e. The van der Waals surface area contributed by atoms with E-state index < -0.39 is 17.0 Å². The highest BCUT2D eigenvalue weighted by atomic mass is 16.2. The molecule has 2 N–H and O–H groups in total. The highest BCUT2D eigenvalue weighted by Crippen LogP contribution is 2.43. The third-order valence-electron chi connectivity index (χ3n) is 6.12. The van der Waals surface area contributed by atoms with E-state index in [1.54, 1.807) is 56.3 Å². The van der Waals surface area contributed by atoms with Crippen molar-refractivity contribution in [2.75, 3.05) is 22.6 Å². The smallest absolute Gasteiger partial charge is 0.332 e. The SMILES string of the molecule is CN1C(=O)C(C)(C)c2ccc(N3C(=O)N(Cc4ccnc(N)c4)C(C)(C)C3=O)cc21. The zero-order valence-electron chi connectivity index (χ0n) is 17.8. The van der Waals surface area contributed by atoms with E-state index in [9.17, 15) is 14.4 Å². The fourth-order valence-corrected chi connectivity index (χ4v) is 4.21. The first-order valence-corrected chi connectivity index (χ1v) is 9.75. The summed E-state index contributed by atoms with van der Waals surface area (Å²) < 4.78 is 0. The maximum absolute atomic E-state index is 13.3. The van der Waals surface area contributed by atoms with E-state index in [1.165, 1.54) is 9.80 Å². The van der Waals surface area contributed by atoms with Gasteiger partial charge in [-0.05, 0) is 63.1 Å². The van der Waals surface area contributed by atoms with Crippen LogP contribution >= 0.6 is 0 Å². The molecule has 0 bridgehead atoms. The molecule has 0 radical (unpaired) electrons. The van der Waals surface area contributed by atoms with Crippen LogP contribution in [-0.4, -0.2) is 40.3 Å². The number of urea groups is 1. The number of imide groups is 1. The van der Waals surface area contributed by atoms with Crippen LogP contribution in [0, 0.1) is 0 Å². The van der Waals surface area contributed by atoms with Gasteiger partial charge >= 0.3 is 6.03 Å². The molecule has 2 aliphatic heterocycles. The van der Waals surface area contributed by atoms with Crippen LogP contribution in [0.15, 0.2) is 36.5 Å². The molecule has 8 heteroatoms. The van der Waals surface area contributed by atoms with E-state index in [-0.39, 0.29) is 18.4 Å². The number of benzene rings is 1. The van der Waals surface area contributed by atoms with Gasteiger partial charge in [0.1, 0.15) is 11.4 Å². The third-order valence-corrected chi connectivity index (χ3v) is 6.12. The lowest BCUT2D eigenvalue weighted by Gasteiger charge is -2.27. The van der Waals surface area contributed by atoms with Crippen molar-refractivity contribution in [2.45, 2.75) is 45.2 Å². The average Bonchev–Trinajstić information content (AvgIpc) is 2.96. The van der Waals surface area contributed by atoms with Crippen LogP contribution in [0.2, 0.25) is 0 Å². The summed E-state index contributed by atoms with van der Waals surface area (Å²) >= 11 is 0. The molecule has 0 unspecified atom stereocenters. The Morgan fingerprint density at radius 1 is 1.00 bits per heavy atom. The zero-order valence-corrected chi connectivity index (χ0v) is 17.8. The van der Waals surface area contributed by atoms with E-state index in [1.807, 2.05) is 19.9 Å². The number of nitrogen functional groups attached to an aromatic ring is 1. The first-order chi connectivity index (χ1) is 14.0. The first kappa shape index (κ1) is 19.9. The average molecular weight is 407 g/mol. The Hall–Kier alpha value is -3.42. The number of nitrogens with zero attached hydrogens (tertiary/aromatic N) is 4. The number of amides is 4. The van der Waals surface area contributed by atoms with Gasteiger partial charge in [0, 0.05) is 25.5 Å². The largest absolute Gasteiger partial charge is 0.384 e. The number of nitrogens with two attached hydrogens (primary N) is 1. The van der Waals surface area contributed by atoms with Gasteiger partial charge in [-0.3, -0.25) is 9.59 Å². The minimum absolute atomic E-state index is 0.0223. The predicted molar refractivity (Wildman–Crippen MR) is 114 cm³/mol. The molecule has 8 nitrogen and oxygen atoms in total. The summed E-state index contributed by atoms with van der Waals surface area (Å²) in [5.41, 5.74) is 6.90. The standard InChI is InChI=1S/C22H25N5O3/c1-21(2)15-7-6-14(11-16(15)25(5)18(21)28)27-19(29)22(3,4)26(20(27)30)12-13-8-9-24-17(23)10-13/h6-11H,12H2,1-5H3,(H2,23,24). The zero-order chi connectivity index (χ0) is 22.0. The molecule has 0 spiro atoms. The van der Waals surface area contributed by atoms with Crippen molar-refractivity contribution in [2.24, 2.45) is 0 Å². The van der Waals surface area contributed by atoms with Crippen molar-refractivity contribution >= 4 is 35.0 Å². The molecule has 0 saturated carbocycles. The van der Waals surface area contributed by atoms with Gasteiger partial charge in [-0.25, -0.2) is 14.7 Å². The Bertz CT molecular complexity index is 1090. The number of anilines is 3. The summed E-state index contributed by atoms with van der Waals surface area (Å²) in [7, 11) is 1.71. The number of carbonyl (C=O) groups is 3. The number of hydrogen-bond acceptors (Lipinski definition) is 5. The fourth-order valence-electron chi connectivity index (χ4n) is 4.21. The molecule has 30 heavy (non-hydrogen) atoms. The Labute approximate surface area is 175 Å². The minimum Gasteiger partial charge on any atom is -0.384 e. The summed E-state index contributed by atoms with van der Waals surface area (Å²) in [5, 5.41) is 0. The predicted octanol–water partition coefficient (Wildman–Crippen LogP) is 2.67. The van der Waals surface area contributed by atoms with Crippen molar-refractivity contribution in [3.63, 3.8) is 0 Å². The molecular weight excluding hydrogens is 382 g/mol. The lowest BCUT2D eigenvalue weighted by Crippen LogP contribution is -2.43. The molecular formula is C22H25N5O3. The van der Waals surface area contributed by atoms with Crippen LogP contribution in [0.25, 0.3) is 0 Å². The van der Waals surface area contributed by atoms with E-state index in [0.717, 1.165) is 11.1 Å². The number of likely N-dealkylation sites (N-methyl/N-ethyl adjacent to an activating group) is 1. The van der Waals surface area contributed by atoms with Gasteiger partial charge in [-0.1, -0.05) is 6.07 Å². The van der Waals surface area contributed by atoms with Crippen molar-refractivity contribution in [3.8, 4) is 0 Å². The van der Waals surface area contributed by atoms with Gasteiger partial charge in [-0.2, -0.15) is 0 Å². The number of fused-ring (bicyclic) bond motifs is 1. The Morgan fingerprint density at radius 2 is 1.70 bits per heavy atom. The van der Waals surface area contributed by atoms with E-state index in [4.69, 9.17) is 5.73 Å². The van der Waals surface area contributed by atoms with Crippen LogP contribution in [-0.2, 0) is 21.5 Å². The maximum atomic E-state index is 13.3. The first-order valence-electron chi connectivity index (χ1n) is 9.75. The molecule has 4 rings (SSSR count). The van der Waals surface area contributed by atoms with Crippen LogP contribution in [0.3, 0.4) is 0 Å². The molecule has 156 valence electrons. The number of pyridine rings is 1. The Kier molecular flexibility index (Phi) is 4.17. The normalized spacial score (nSPS) is 19.6. The molecule has 1 fully saturated rings. The number of carbonyl (C=O) groups excluding carboxylic acids is 3. The number of rotatable bonds is 3. The second-order valence-corrected chi connectivity index (χ2v) is 8.85. The van der Waals surface area contributed by atoms with Crippen LogP contribution in [0.5, 0.6) is 0 Å². The van der Waals surface area contributed by atoms with Crippen molar-refractivity contribution in [3.05, 3.63) is 47.7 Å². The minimum atomic E-state index is -1.03. The Balaban J connectivity index is 1.72.